The third-order valence-corrected chi connectivity index (χ3v) is 5.16. The number of nitrogens with zero attached hydrogens (tertiary/aromatic N) is 3. The summed E-state index contributed by atoms with van der Waals surface area (Å²) in [6, 6.07) is 2.02. The van der Waals surface area contributed by atoms with Crippen molar-refractivity contribution in [3.63, 3.8) is 0 Å². The maximum atomic E-state index is 11.5. The Hall–Kier alpha value is -0.850. The van der Waals surface area contributed by atoms with Crippen LogP contribution in [0.1, 0.15) is 16.8 Å². The summed E-state index contributed by atoms with van der Waals surface area (Å²) in [7, 11) is -3.10. The van der Waals surface area contributed by atoms with E-state index < -0.39 is 10.0 Å². The number of aryl methyl sites for hydroxylation is 2. The van der Waals surface area contributed by atoms with Crippen LogP contribution in [0.4, 0.5) is 5.82 Å². The van der Waals surface area contributed by atoms with Gasteiger partial charge in [-0.1, -0.05) is 0 Å². The van der Waals surface area contributed by atoms with Crippen molar-refractivity contribution in [2.24, 2.45) is 0 Å². The second kappa shape index (κ2) is 5.87. The molecule has 0 N–H and O–H groups in total. The Morgan fingerprint density at radius 2 is 1.85 bits per heavy atom. The third-order valence-electron chi connectivity index (χ3n) is 3.59. The molecular weight excluding hydrogens is 298 g/mol. The molecule has 1 fully saturated rings. The normalized spacial score (nSPS) is 17.5. The Morgan fingerprint density at radius 1 is 1.25 bits per heavy atom. The number of piperazine rings is 1. The second-order valence-electron chi connectivity index (χ2n) is 5.17. The SMILES string of the molecule is Cc1cc(C)c(CCl)c(N2CCN(S(C)(=O)=O)CC2)n1. The van der Waals surface area contributed by atoms with Gasteiger partial charge in [0.2, 0.25) is 10.0 Å². The third kappa shape index (κ3) is 3.24. The lowest BCUT2D eigenvalue weighted by Crippen LogP contribution is -2.48. The number of hydrogen-bond acceptors (Lipinski definition) is 4. The van der Waals surface area contributed by atoms with Crippen LogP contribution in [0.5, 0.6) is 0 Å². The Bertz CT molecular complexity index is 596. The van der Waals surface area contributed by atoms with Gasteiger partial charge in [-0.2, -0.15) is 4.31 Å². The number of alkyl halides is 1. The predicted molar refractivity (Wildman–Crippen MR) is 81.9 cm³/mol. The number of pyridine rings is 1. The molecule has 0 saturated carbocycles. The first-order chi connectivity index (χ1) is 9.32. The Labute approximate surface area is 125 Å². The zero-order valence-electron chi connectivity index (χ0n) is 12.1. The van der Waals surface area contributed by atoms with E-state index in [1.807, 2.05) is 19.9 Å². The number of rotatable bonds is 3. The molecule has 1 aliphatic heterocycles. The molecule has 0 aliphatic carbocycles. The van der Waals surface area contributed by atoms with Gasteiger partial charge in [0.05, 0.1) is 12.1 Å². The smallest absolute Gasteiger partial charge is 0.211 e. The number of aromatic nitrogens is 1. The van der Waals surface area contributed by atoms with Crippen molar-refractivity contribution in [1.82, 2.24) is 9.29 Å². The summed E-state index contributed by atoms with van der Waals surface area (Å²) in [6.07, 6.45) is 1.25. The average Bonchev–Trinajstić information content (AvgIpc) is 2.37. The van der Waals surface area contributed by atoms with Gasteiger partial charge < -0.3 is 4.90 Å². The quantitative estimate of drug-likeness (QED) is 0.793. The van der Waals surface area contributed by atoms with Gasteiger partial charge in [0, 0.05) is 37.4 Å². The van der Waals surface area contributed by atoms with Crippen molar-refractivity contribution in [3.8, 4) is 0 Å². The molecule has 0 atom stereocenters. The zero-order chi connectivity index (χ0) is 14.9. The maximum absolute atomic E-state index is 11.5. The van der Waals surface area contributed by atoms with Crippen LogP contribution in [0, 0.1) is 13.8 Å². The summed E-state index contributed by atoms with van der Waals surface area (Å²) < 4.78 is 24.6. The van der Waals surface area contributed by atoms with Crippen LogP contribution < -0.4 is 4.90 Å². The molecule has 1 aromatic rings. The Morgan fingerprint density at radius 3 is 2.35 bits per heavy atom. The molecule has 0 spiro atoms. The minimum atomic E-state index is -3.10. The lowest BCUT2D eigenvalue weighted by atomic mass is 10.1. The van der Waals surface area contributed by atoms with Crippen molar-refractivity contribution in [2.75, 3.05) is 37.3 Å². The van der Waals surface area contributed by atoms with Gasteiger partial charge >= 0.3 is 0 Å². The molecule has 0 radical (unpaired) electrons. The van der Waals surface area contributed by atoms with Crippen LogP contribution in [0.2, 0.25) is 0 Å². The zero-order valence-corrected chi connectivity index (χ0v) is 13.6. The van der Waals surface area contributed by atoms with E-state index in [0.29, 0.717) is 32.1 Å². The average molecular weight is 318 g/mol. The first-order valence-corrected chi connectivity index (χ1v) is 8.94. The fourth-order valence-electron chi connectivity index (χ4n) is 2.50. The number of hydrogen-bond donors (Lipinski definition) is 0. The van der Waals surface area contributed by atoms with E-state index in [9.17, 15) is 8.42 Å². The van der Waals surface area contributed by atoms with Crippen LogP contribution in [0.3, 0.4) is 0 Å². The van der Waals surface area contributed by atoms with Crippen molar-refractivity contribution in [3.05, 3.63) is 22.9 Å². The molecular formula is C13H20ClN3O2S. The lowest BCUT2D eigenvalue weighted by molar-refractivity contribution is 0.386. The molecule has 20 heavy (non-hydrogen) atoms. The topological polar surface area (TPSA) is 53.5 Å². The molecule has 1 aromatic heterocycles. The molecule has 0 bridgehead atoms. The van der Waals surface area contributed by atoms with Crippen molar-refractivity contribution < 1.29 is 8.42 Å². The molecule has 0 aromatic carbocycles. The number of sulfonamides is 1. The van der Waals surface area contributed by atoms with Gasteiger partial charge in [0.1, 0.15) is 5.82 Å². The fraction of sp³-hybridized carbons (Fsp3) is 0.615. The highest BCUT2D eigenvalue weighted by molar-refractivity contribution is 7.88. The van der Waals surface area contributed by atoms with Crippen LogP contribution in [0.15, 0.2) is 6.07 Å². The Balaban J connectivity index is 2.23. The van der Waals surface area contributed by atoms with Crippen LogP contribution >= 0.6 is 11.6 Å². The summed E-state index contributed by atoms with van der Waals surface area (Å²) >= 11 is 6.04. The molecule has 0 amide bonds. The van der Waals surface area contributed by atoms with Crippen LogP contribution in [-0.2, 0) is 15.9 Å². The number of anilines is 1. The molecule has 7 heteroatoms. The van der Waals surface area contributed by atoms with E-state index in [4.69, 9.17) is 11.6 Å². The van der Waals surface area contributed by atoms with E-state index >= 15 is 0 Å². The largest absolute Gasteiger partial charge is 0.354 e. The first kappa shape index (κ1) is 15.5. The molecule has 5 nitrogen and oxygen atoms in total. The minimum Gasteiger partial charge on any atom is -0.354 e. The number of halogens is 1. The minimum absolute atomic E-state index is 0.417. The predicted octanol–water partition coefficient (Wildman–Crippen LogP) is 1.52. The van der Waals surface area contributed by atoms with Crippen LogP contribution in [-0.4, -0.2) is 50.1 Å². The van der Waals surface area contributed by atoms with Gasteiger partial charge in [0.25, 0.3) is 0 Å². The summed E-state index contributed by atoms with van der Waals surface area (Å²) in [5.41, 5.74) is 3.12. The fourth-order valence-corrected chi connectivity index (χ4v) is 3.66. The van der Waals surface area contributed by atoms with Gasteiger partial charge in [-0.25, -0.2) is 13.4 Å². The van der Waals surface area contributed by atoms with Crippen LogP contribution in [0.25, 0.3) is 0 Å². The molecule has 0 unspecified atom stereocenters. The van der Waals surface area contributed by atoms with Gasteiger partial charge in [-0.05, 0) is 25.5 Å². The van der Waals surface area contributed by atoms with Gasteiger partial charge in [0.15, 0.2) is 0 Å². The van der Waals surface area contributed by atoms with E-state index in [0.717, 1.165) is 22.6 Å². The van der Waals surface area contributed by atoms with Gasteiger partial charge in [-0.3, -0.25) is 0 Å². The summed E-state index contributed by atoms with van der Waals surface area (Å²) in [6.45, 7) is 6.27. The summed E-state index contributed by atoms with van der Waals surface area (Å²) in [5, 5.41) is 0. The van der Waals surface area contributed by atoms with Gasteiger partial charge in [-0.15, -0.1) is 11.6 Å². The van der Waals surface area contributed by atoms with E-state index in [-0.39, 0.29) is 0 Å². The molecule has 2 rings (SSSR count). The van der Waals surface area contributed by atoms with E-state index in [1.165, 1.54) is 10.6 Å². The molecule has 1 saturated heterocycles. The first-order valence-electron chi connectivity index (χ1n) is 6.56. The van der Waals surface area contributed by atoms with Crippen molar-refractivity contribution in [1.29, 1.82) is 0 Å². The summed E-state index contributed by atoms with van der Waals surface area (Å²) in [4.78, 5) is 6.71. The van der Waals surface area contributed by atoms with E-state index in [2.05, 4.69) is 9.88 Å². The lowest BCUT2D eigenvalue weighted by Gasteiger charge is -2.35. The molecule has 1 aliphatic rings. The molecule has 112 valence electrons. The highest BCUT2D eigenvalue weighted by atomic mass is 35.5. The monoisotopic (exact) mass is 317 g/mol. The highest BCUT2D eigenvalue weighted by Gasteiger charge is 2.25. The second-order valence-corrected chi connectivity index (χ2v) is 7.42. The van der Waals surface area contributed by atoms with Crippen molar-refractivity contribution >= 4 is 27.4 Å². The highest BCUT2D eigenvalue weighted by Crippen LogP contribution is 2.25. The summed E-state index contributed by atoms with van der Waals surface area (Å²) in [5.74, 6) is 1.31. The molecule has 2 heterocycles. The standard InChI is InChI=1S/C13H20ClN3O2S/c1-10-8-11(2)15-13(12(10)9-14)16-4-6-17(7-5-16)20(3,18)19/h8H,4-7,9H2,1-3H3. The van der Waals surface area contributed by atoms with E-state index in [1.54, 1.807) is 0 Å². The maximum Gasteiger partial charge on any atom is 0.211 e. The van der Waals surface area contributed by atoms with Crippen molar-refractivity contribution in [2.45, 2.75) is 19.7 Å². The Kier molecular flexibility index (Phi) is 4.56.